The summed E-state index contributed by atoms with van der Waals surface area (Å²) < 4.78 is 5.25. The number of para-hydroxylation sites is 1. The first-order valence-corrected chi connectivity index (χ1v) is 11.1. The predicted molar refractivity (Wildman–Crippen MR) is 117 cm³/mol. The third-order valence-corrected chi connectivity index (χ3v) is 6.57. The van der Waals surface area contributed by atoms with Gasteiger partial charge in [-0.25, -0.2) is 0 Å². The van der Waals surface area contributed by atoms with Gasteiger partial charge >= 0.3 is 5.97 Å². The molecule has 1 fully saturated rings. The zero-order valence-electron chi connectivity index (χ0n) is 18.0. The largest absolute Gasteiger partial charge is 0.466 e. The van der Waals surface area contributed by atoms with E-state index in [1.54, 1.807) is 31.2 Å². The number of ether oxygens (including phenoxy) is 1. The van der Waals surface area contributed by atoms with Crippen LogP contribution in [0, 0.1) is 23.7 Å². The molecule has 8 heteroatoms. The molecule has 31 heavy (non-hydrogen) atoms. The molecule has 0 aromatic heterocycles. The first-order chi connectivity index (χ1) is 14.8. The highest BCUT2D eigenvalue weighted by molar-refractivity contribution is 6.33. The fourth-order valence-electron chi connectivity index (χ4n) is 4.71. The number of likely N-dealkylation sites (tertiary alicyclic amines) is 1. The number of nitrogens with one attached hydrogen (secondary N) is 1. The summed E-state index contributed by atoms with van der Waals surface area (Å²) in [5, 5.41) is 13.1. The van der Waals surface area contributed by atoms with Gasteiger partial charge in [-0.05, 0) is 31.4 Å². The first-order valence-electron chi connectivity index (χ1n) is 10.7. The Kier molecular flexibility index (Phi) is 7.38. The van der Waals surface area contributed by atoms with Crippen LogP contribution < -0.4 is 5.32 Å². The topological polar surface area (TPSA) is 95.9 Å². The number of carbonyl (C=O) groups is 3. The smallest absolute Gasteiger partial charge is 0.310 e. The summed E-state index contributed by atoms with van der Waals surface area (Å²) in [5.41, 5.74) is 0.442. The van der Waals surface area contributed by atoms with Crippen LogP contribution in [0.25, 0.3) is 0 Å². The first kappa shape index (κ1) is 23.3. The minimum absolute atomic E-state index is 0.203. The van der Waals surface area contributed by atoms with Crippen LogP contribution in [0.15, 0.2) is 36.4 Å². The molecule has 0 bridgehead atoms. The Morgan fingerprint density at radius 1 is 1.26 bits per heavy atom. The zero-order chi connectivity index (χ0) is 22.7. The monoisotopic (exact) mass is 448 g/mol. The molecule has 0 spiro atoms. The van der Waals surface area contributed by atoms with E-state index in [4.69, 9.17) is 16.3 Å². The standard InChI is InChI=1S/C23H29ClN2O5/c1-4-14(12-27)26-20(21(28)25-17-9-7-6-8-16(17)24)15-11-10-13(3)18(19(15)22(26)29)23(30)31-5-2/h6-11,13-15,18-20,27H,4-5,12H2,1-3H3,(H,25,28)/t13-,14+,15+,18-,19+,20+/m1/s1. The quantitative estimate of drug-likeness (QED) is 0.494. The number of carbonyl (C=O) groups excluding carboxylic acids is 3. The Bertz CT molecular complexity index is 869. The van der Waals surface area contributed by atoms with Crippen molar-refractivity contribution in [2.24, 2.45) is 23.7 Å². The second-order valence-electron chi connectivity index (χ2n) is 8.03. The number of allylic oxidation sites excluding steroid dienone is 1. The summed E-state index contributed by atoms with van der Waals surface area (Å²) in [5.74, 6) is -3.26. The van der Waals surface area contributed by atoms with E-state index in [2.05, 4.69) is 5.32 Å². The normalized spacial score (nSPS) is 28.2. The highest BCUT2D eigenvalue weighted by Gasteiger charge is 2.58. The molecule has 1 aromatic rings. The molecule has 1 aromatic carbocycles. The third-order valence-electron chi connectivity index (χ3n) is 6.24. The maximum Gasteiger partial charge on any atom is 0.310 e. The van der Waals surface area contributed by atoms with E-state index in [1.807, 2.05) is 26.0 Å². The van der Waals surface area contributed by atoms with Gasteiger partial charge in [-0.15, -0.1) is 0 Å². The zero-order valence-corrected chi connectivity index (χ0v) is 18.7. The van der Waals surface area contributed by atoms with Crippen LogP contribution in [-0.2, 0) is 19.1 Å². The van der Waals surface area contributed by atoms with Gasteiger partial charge in [-0.1, -0.05) is 49.7 Å². The number of hydrogen-bond donors (Lipinski definition) is 2. The fourth-order valence-corrected chi connectivity index (χ4v) is 4.90. The molecule has 0 radical (unpaired) electrons. The molecule has 2 amide bonds. The average Bonchev–Trinajstić information content (AvgIpc) is 3.03. The summed E-state index contributed by atoms with van der Waals surface area (Å²) in [6, 6.07) is 5.46. The van der Waals surface area contributed by atoms with E-state index >= 15 is 0 Å². The van der Waals surface area contributed by atoms with Crippen molar-refractivity contribution in [2.75, 3.05) is 18.5 Å². The third kappa shape index (κ3) is 4.34. The van der Waals surface area contributed by atoms with Crippen molar-refractivity contribution in [1.29, 1.82) is 0 Å². The van der Waals surface area contributed by atoms with Gasteiger partial charge in [-0.2, -0.15) is 0 Å². The van der Waals surface area contributed by atoms with Crippen molar-refractivity contribution in [1.82, 2.24) is 4.90 Å². The van der Waals surface area contributed by atoms with Crippen molar-refractivity contribution < 1.29 is 24.2 Å². The molecule has 1 aliphatic heterocycles. The van der Waals surface area contributed by atoms with Crippen molar-refractivity contribution in [3.05, 3.63) is 41.4 Å². The summed E-state index contributed by atoms with van der Waals surface area (Å²) in [7, 11) is 0. The highest BCUT2D eigenvalue weighted by atomic mass is 35.5. The Morgan fingerprint density at radius 2 is 1.97 bits per heavy atom. The van der Waals surface area contributed by atoms with Gasteiger partial charge in [-0.3, -0.25) is 14.4 Å². The Labute approximate surface area is 187 Å². The summed E-state index contributed by atoms with van der Waals surface area (Å²) in [6.07, 6.45) is 4.19. The molecule has 1 aliphatic carbocycles. The van der Waals surface area contributed by atoms with Crippen LogP contribution >= 0.6 is 11.6 Å². The second-order valence-corrected chi connectivity index (χ2v) is 8.44. The Balaban J connectivity index is 2.01. The van der Waals surface area contributed by atoms with Crippen LogP contribution in [0.4, 0.5) is 5.69 Å². The molecular formula is C23H29ClN2O5. The lowest BCUT2D eigenvalue weighted by Crippen LogP contribution is -2.50. The molecule has 6 atom stereocenters. The van der Waals surface area contributed by atoms with Gasteiger partial charge in [0.15, 0.2) is 0 Å². The SMILES string of the molecule is CCOC(=O)[C@H]1[C@H]2C(=O)N([C@@H](CC)CO)[C@H](C(=O)Nc3ccccc3Cl)[C@H]2C=C[C@H]1C. The van der Waals surface area contributed by atoms with E-state index in [1.165, 1.54) is 4.90 Å². The van der Waals surface area contributed by atoms with Crippen LogP contribution in [0.1, 0.15) is 27.2 Å². The number of nitrogens with zero attached hydrogens (tertiary/aromatic N) is 1. The maximum atomic E-state index is 13.6. The summed E-state index contributed by atoms with van der Waals surface area (Å²) in [6.45, 7) is 5.37. The number of fused-ring (bicyclic) bond motifs is 1. The summed E-state index contributed by atoms with van der Waals surface area (Å²) >= 11 is 6.20. The predicted octanol–water partition coefficient (Wildman–Crippen LogP) is 2.88. The molecule has 2 N–H and O–H groups in total. The molecule has 0 unspecified atom stereocenters. The minimum atomic E-state index is -0.869. The van der Waals surface area contributed by atoms with Crippen LogP contribution in [0.5, 0.6) is 0 Å². The van der Waals surface area contributed by atoms with E-state index in [-0.39, 0.29) is 25.0 Å². The van der Waals surface area contributed by atoms with Gasteiger partial charge in [0.2, 0.25) is 11.8 Å². The lowest BCUT2D eigenvalue weighted by atomic mass is 9.70. The number of esters is 1. The number of benzene rings is 1. The van der Waals surface area contributed by atoms with Crippen molar-refractivity contribution in [2.45, 2.75) is 39.3 Å². The number of halogens is 1. The number of aliphatic hydroxyl groups excluding tert-OH is 1. The molecular weight excluding hydrogens is 420 g/mol. The molecule has 2 aliphatic rings. The van der Waals surface area contributed by atoms with E-state index in [0.29, 0.717) is 17.1 Å². The van der Waals surface area contributed by atoms with Crippen molar-refractivity contribution in [3.63, 3.8) is 0 Å². The molecule has 1 heterocycles. The van der Waals surface area contributed by atoms with E-state index < -0.39 is 41.7 Å². The molecule has 7 nitrogen and oxygen atoms in total. The van der Waals surface area contributed by atoms with Gasteiger partial charge in [0.1, 0.15) is 6.04 Å². The van der Waals surface area contributed by atoms with Crippen LogP contribution in [-0.4, -0.2) is 53.1 Å². The molecule has 0 saturated carbocycles. The van der Waals surface area contributed by atoms with E-state index in [9.17, 15) is 19.5 Å². The minimum Gasteiger partial charge on any atom is -0.466 e. The summed E-state index contributed by atoms with van der Waals surface area (Å²) in [4.78, 5) is 41.2. The number of rotatable bonds is 7. The lowest BCUT2D eigenvalue weighted by molar-refractivity contribution is -0.155. The van der Waals surface area contributed by atoms with Gasteiger partial charge < -0.3 is 20.1 Å². The fraction of sp³-hybridized carbons (Fsp3) is 0.522. The highest BCUT2D eigenvalue weighted by Crippen LogP contribution is 2.45. The van der Waals surface area contributed by atoms with Gasteiger partial charge in [0.25, 0.3) is 0 Å². The molecule has 168 valence electrons. The number of aliphatic hydroxyl groups is 1. The van der Waals surface area contributed by atoms with Crippen LogP contribution in [0.2, 0.25) is 5.02 Å². The van der Waals surface area contributed by atoms with Gasteiger partial charge in [0, 0.05) is 5.92 Å². The van der Waals surface area contributed by atoms with Gasteiger partial charge in [0.05, 0.1) is 41.8 Å². The Morgan fingerprint density at radius 3 is 2.58 bits per heavy atom. The number of hydrogen-bond acceptors (Lipinski definition) is 5. The lowest BCUT2D eigenvalue weighted by Gasteiger charge is -2.33. The van der Waals surface area contributed by atoms with E-state index in [0.717, 1.165) is 0 Å². The number of anilines is 1. The van der Waals surface area contributed by atoms with Crippen molar-refractivity contribution in [3.8, 4) is 0 Å². The molecule has 3 rings (SSSR count). The average molecular weight is 449 g/mol. The molecule has 1 saturated heterocycles. The number of amides is 2. The van der Waals surface area contributed by atoms with Crippen LogP contribution in [0.3, 0.4) is 0 Å². The Hall–Kier alpha value is -2.38. The second kappa shape index (κ2) is 9.83. The maximum absolute atomic E-state index is 13.6. The van der Waals surface area contributed by atoms with Crippen molar-refractivity contribution >= 4 is 35.1 Å².